The molecule has 1 heterocycles. The van der Waals surface area contributed by atoms with Crippen molar-refractivity contribution in [2.45, 2.75) is 12.5 Å². The van der Waals surface area contributed by atoms with Gasteiger partial charge in [0.05, 0.1) is 5.69 Å². The molecule has 0 saturated heterocycles. The summed E-state index contributed by atoms with van der Waals surface area (Å²) in [7, 11) is 1.67. The molecule has 108 valence electrons. The van der Waals surface area contributed by atoms with Crippen LogP contribution >= 0.6 is 0 Å². The molecule has 21 heavy (non-hydrogen) atoms. The smallest absolute Gasteiger partial charge is 0.268 e. The fraction of sp³-hybridized carbons (Fsp3) is 0.188. The van der Waals surface area contributed by atoms with Crippen molar-refractivity contribution in [1.29, 1.82) is 0 Å². The van der Waals surface area contributed by atoms with E-state index in [9.17, 15) is 14.3 Å². The lowest BCUT2D eigenvalue weighted by atomic mass is 10.0. The second-order valence-corrected chi connectivity index (χ2v) is 4.99. The molecule has 0 fully saturated rings. The Bertz CT molecular complexity index is 684. The van der Waals surface area contributed by atoms with Gasteiger partial charge in [0, 0.05) is 19.5 Å². The quantitative estimate of drug-likeness (QED) is 0.923. The lowest BCUT2D eigenvalue weighted by Crippen LogP contribution is -2.44. The Labute approximate surface area is 121 Å². The van der Waals surface area contributed by atoms with Crippen LogP contribution in [-0.2, 0) is 11.2 Å². The van der Waals surface area contributed by atoms with Gasteiger partial charge in [-0.1, -0.05) is 12.1 Å². The summed E-state index contributed by atoms with van der Waals surface area (Å²) in [5.74, 6) is 0.0563. The van der Waals surface area contributed by atoms with Crippen molar-refractivity contribution in [2.24, 2.45) is 0 Å². The van der Waals surface area contributed by atoms with E-state index in [1.54, 1.807) is 25.2 Å². The van der Waals surface area contributed by atoms with E-state index in [1.165, 1.54) is 29.2 Å². The van der Waals surface area contributed by atoms with Crippen LogP contribution in [0, 0.1) is 5.82 Å². The Morgan fingerprint density at radius 2 is 1.95 bits per heavy atom. The van der Waals surface area contributed by atoms with Crippen LogP contribution in [-0.4, -0.2) is 24.2 Å². The summed E-state index contributed by atoms with van der Waals surface area (Å²) >= 11 is 0. The summed E-state index contributed by atoms with van der Waals surface area (Å²) < 4.78 is 18.6. The molecule has 4 nitrogen and oxygen atoms in total. The number of amides is 1. The van der Waals surface area contributed by atoms with E-state index < -0.39 is 6.10 Å². The maximum Gasteiger partial charge on any atom is 0.268 e. The molecule has 3 rings (SSSR count). The van der Waals surface area contributed by atoms with Crippen molar-refractivity contribution in [1.82, 2.24) is 0 Å². The van der Waals surface area contributed by atoms with E-state index in [2.05, 4.69) is 0 Å². The number of ether oxygens (including phenoxy) is 1. The van der Waals surface area contributed by atoms with Gasteiger partial charge in [0.1, 0.15) is 17.3 Å². The number of hydrogen-bond donors (Lipinski definition) is 1. The second-order valence-electron chi connectivity index (χ2n) is 4.99. The second kappa shape index (κ2) is 5.09. The summed E-state index contributed by atoms with van der Waals surface area (Å²) in [6.07, 6.45) is -0.340. The van der Waals surface area contributed by atoms with Gasteiger partial charge in [0.15, 0.2) is 6.10 Å². The molecule has 0 saturated carbocycles. The van der Waals surface area contributed by atoms with Crippen molar-refractivity contribution < 1.29 is 19.0 Å². The number of rotatable bonds is 2. The van der Waals surface area contributed by atoms with Crippen molar-refractivity contribution in [2.75, 3.05) is 11.9 Å². The zero-order valence-corrected chi connectivity index (χ0v) is 11.4. The molecule has 2 aromatic carbocycles. The number of benzene rings is 2. The number of hydrogen-bond acceptors (Lipinski definition) is 3. The Morgan fingerprint density at radius 3 is 2.67 bits per heavy atom. The first-order valence-corrected chi connectivity index (χ1v) is 6.56. The lowest BCUT2D eigenvalue weighted by molar-refractivity contribution is -0.125. The number of phenolic OH excluding ortho intramolecular Hbond substituents is 1. The van der Waals surface area contributed by atoms with Crippen LogP contribution in [0.2, 0.25) is 0 Å². The standard InChI is InChI=1S/C16H14FNO3/c1-18-13-7-6-12(19)9-14(13)21-15(16(18)20)8-10-2-4-11(17)5-3-10/h2-7,9,15,19H,8H2,1H3. The molecule has 1 amide bonds. The number of phenols is 1. The van der Waals surface area contributed by atoms with Crippen LogP contribution in [0.5, 0.6) is 11.5 Å². The van der Waals surface area contributed by atoms with Crippen LogP contribution < -0.4 is 9.64 Å². The molecule has 0 radical (unpaired) electrons. The lowest BCUT2D eigenvalue weighted by Gasteiger charge is -2.32. The van der Waals surface area contributed by atoms with Crippen LogP contribution in [0.3, 0.4) is 0 Å². The zero-order chi connectivity index (χ0) is 15.0. The summed E-state index contributed by atoms with van der Waals surface area (Å²) in [6.45, 7) is 0. The maximum atomic E-state index is 12.9. The molecule has 1 unspecified atom stereocenters. The SMILES string of the molecule is CN1C(=O)C(Cc2ccc(F)cc2)Oc2cc(O)ccc21. The molecule has 0 bridgehead atoms. The number of fused-ring (bicyclic) bond motifs is 1. The summed E-state index contributed by atoms with van der Waals surface area (Å²) in [4.78, 5) is 13.8. The summed E-state index contributed by atoms with van der Waals surface area (Å²) in [5, 5.41) is 9.52. The third-order valence-corrected chi connectivity index (χ3v) is 3.51. The third-order valence-electron chi connectivity index (χ3n) is 3.51. The average molecular weight is 287 g/mol. The number of halogens is 1. The van der Waals surface area contributed by atoms with E-state index in [1.807, 2.05) is 0 Å². The van der Waals surface area contributed by atoms with E-state index in [0.29, 0.717) is 17.9 Å². The van der Waals surface area contributed by atoms with Gasteiger partial charge in [-0.2, -0.15) is 0 Å². The number of nitrogens with zero attached hydrogens (tertiary/aromatic N) is 1. The highest BCUT2D eigenvalue weighted by atomic mass is 19.1. The highest BCUT2D eigenvalue weighted by molar-refractivity contribution is 5.99. The van der Waals surface area contributed by atoms with Crippen molar-refractivity contribution in [3.63, 3.8) is 0 Å². The molecule has 5 heteroatoms. The van der Waals surface area contributed by atoms with Gasteiger partial charge in [-0.05, 0) is 29.8 Å². The largest absolute Gasteiger partial charge is 0.508 e. The van der Waals surface area contributed by atoms with Gasteiger partial charge in [-0.25, -0.2) is 4.39 Å². The molecule has 1 atom stereocenters. The van der Waals surface area contributed by atoms with E-state index in [0.717, 1.165) is 5.56 Å². The topological polar surface area (TPSA) is 49.8 Å². The first-order chi connectivity index (χ1) is 10.0. The molecule has 2 aromatic rings. The molecular formula is C16H14FNO3. The third kappa shape index (κ3) is 2.54. The van der Waals surface area contributed by atoms with Gasteiger partial charge in [0.25, 0.3) is 5.91 Å². The van der Waals surface area contributed by atoms with Gasteiger partial charge in [-0.15, -0.1) is 0 Å². The number of aromatic hydroxyl groups is 1. The van der Waals surface area contributed by atoms with Gasteiger partial charge in [-0.3, -0.25) is 4.79 Å². The number of anilines is 1. The Kier molecular flexibility index (Phi) is 3.25. The van der Waals surface area contributed by atoms with Crippen molar-refractivity contribution >= 4 is 11.6 Å². The van der Waals surface area contributed by atoms with E-state index in [-0.39, 0.29) is 17.5 Å². The van der Waals surface area contributed by atoms with Gasteiger partial charge >= 0.3 is 0 Å². The zero-order valence-electron chi connectivity index (χ0n) is 11.4. The van der Waals surface area contributed by atoms with Crippen LogP contribution in [0.15, 0.2) is 42.5 Å². The first-order valence-electron chi connectivity index (χ1n) is 6.56. The Hall–Kier alpha value is -2.56. The fourth-order valence-electron chi connectivity index (χ4n) is 2.38. The van der Waals surface area contributed by atoms with E-state index >= 15 is 0 Å². The highest BCUT2D eigenvalue weighted by Crippen LogP contribution is 2.36. The van der Waals surface area contributed by atoms with Crippen LogP contribution in [0.1, 0.15) is 5.56 Å². The molecule has 0 aromatic heterocycles. The predicted octanol–water partition coefficient (Wildman–Crippen LogP) is 2.50. The Balaban J connectivity index is 1.87. The minimum absolute atomic E-state index is 0.0806. The molecule has 0 spiro atoms. The molecule has 1 aliphatic heterocycles. The number of carbonyl (C=O) groups excluding carboxylic acids is 1. The highest BCUT2D eigenvalue weighted by Gasteiger charge is 2.32. The average Bonchev–Trinajstić information content (AvgIpc) is 2.46. The molecule has 1 N–H and O–H groups in total. The normalized spacial score (nSPS) is 17.3. The minimum Gasteiger partial charge on any atom is -0.508 e. The van der Waals surface area contributed by atoms with Gasteiger partial charge in [0.2, 0.25) is 0 Å². The molecular weight excluding hydrogens is 273 g/mol. The monoisotopic (exact) mass is 287 g/mol. The first kappa shape index (κ1) is 13.4. The summed E-state index contributed by atoms with van der Waals surface area (Å²) in [6, 6.07) is 10.6. The maximum absolute atomic E-state index is 12.9. The van der Waals surface area contributed by atoms with Crippen molar-refractivity contribution in [3.05, 3.63) is 53.8 Å². The molecule has 0 aliphatic carbocycles. The fourth-order valence-corrected chi connectivity index (χ4v) is 2.38. The Morgan fingerprint density at radius 1 is 1.24 bits per heavy atom. The van der Waals surface area contributed by atoms with Crippen LogP contribution in [0.4, 0.5) is 10.1 Å². The summed E-state index contributed by atoms with van der Waals surface area (Å²) in [5.41, 5.74) is 1.43. The number of carbonyl (C=O) groups is 1. The van der Waals surface area contributed by atoms with Crippen LogP contribution in [0.25, 0.3) is 0 Å². The van der Waals surface area contributed by atoms with Gasteiger partial charge < -0.3 is 14.7 Å². The predicted molar refractivity (Wildman–Crippen MR) is 76.0 cm³/mol. The van der Waals surface area contributed by atoms with Crippen molar-refractivity contribution in [3.8, 4) is 11.5 Å². The van der Waals surface area contributed by atoms with E-state index in [4.69, 9.17) is 4.74 Å². The molecule has 1 aliphatic rings. The minimum atomic E-state index is -0.685. The number of likely N-dealkylation sites (N-methyl/N-ethyl adjacent to an activating group) is 1.